The second-order valence-electron chi connectivity index (χ2n) is 7.57. The molecule has 1 saturated carbocycles. The van der Waals surface area contributed by atoms with Crippen LogP contribution in [-0.2, 0) is 16.0 Å². The van der Waals surface area contributed by atoms with Gasteiger partial charge >= 0.3 is 5.97 Å². The number of ether oxygens (including phenoxy) is 1. The third-order valence-corrected chi connectivity index (χ3v) is 5.53. The normalized spacial score (nSPS) is 21.1. The summed E-state index contributed by atoms with van der Waals surface area (Å²) in [7, 11) is 1.38. The van der Waals surface area contributed by atoms with E-state index in [-0.39, 0.29) is 5.97 Å². The molecule has 0 aliphatic heterocycles. The predicted octanol–water partition coefficient (Wildman–Crippen LogP) is 5.21. The van der Waals surface area contributed by atoms with E-state index in [0.717, 1.165) is 31.1 Å². The number of carbonyl (C=O) groups is 1. The monoisotopic (exact) mass is 369 g/mol. The number of aryl methyl sites for hydroxylation is 1. The summed E-state index contributed by atoms with van der Waals surface area (Å²) in [5, 5.41) is 0. The summed E-state index contributed by atoms with van der Waals surface area (Å²) < 4.78 is 4.65. The van der Waals surface area contributed by atoms with Crippen molar-refractivity contribution >= 4 is 5.97 Å². The van der Waals surface area contributed by atoms with Crippen LogP contribution in [0.1, 0.15) is 56.9 Å². The fraction of sp³-hybridized carbons (Fsp3) is 0.542. The smallest absolute Gasteiger partial charge is 0.322 e. The van der Waals surface area contributed by atoms with E-state index in [1.54, 1.807) is 0 Å². The van der Waals surface area contributed by atoms with Gasteiger partial charge in [-0.05, 0) is 68.8 Å². The molecule has 0 amide bonds. The maximum atomic E-state index is 11.3. The van der Waals surface area contributed by atoms with Gasteiger partial charge in [0.05, 0.1) is 7.11 Å². The molecule has 1 fully saturated rings. The zero-order chi connectivity index (χ0) is 19.3. The summed E-state index contributed by atoms with van der Waals surface area (Å²) in [5.41, 5.74) is 7.19. The average Bonchev–Trinajstić information content (AvgIpc) is 3.14. The van der Waals surface area contributed by atoms with Gasteiger partial charge in [-0.25, -0.2) is 0 Å². The molecule has 0 saturated heterocycles. The number of hydrogen-bond donors (Lipinski definition) is 1. The van der Waals surface area contributed by atoms with Gasteiger partial charge in [0, 0.05) is 0 Å². The van der Waals surface area contributed by atoms with Crippen LogP contribution in [0.25, 0.3) is 0 Å². The van der Waals surface area contributed by atoms with Gasteiger partial charge in [-0.15, -0.1) is 0 Å². The molecule has 27 heavy (non-hydrogen) atoms. The van der Waals surface area contributed by atoms with Gasteiger partial charge in [0.25, 0.3) is 0 Å². The highest BCUT2D eigenvalue weighted by Crippen LogP contribution is 2.35. The molecule has 1 aliphatic rings. The lowest BCUT2D eigenvalue weighted by molar-refractivity contribution is -0.142. The standard InChI is InChI=1S/C24H35NO2/c1-27-24(26)23(25)19-10-4-9-16-22-18-11-17-21(22)15-8-3-7-14-20-12-5-2-6-13-20/h2,4-6,8-9,12-13,15,21-23H,3,7,10-11,14,16-19,25H2,1H3/t21-,22-,23?/m0/s1. The summed E-state index contributed by atoms with van der Waals surface area (Å²) in [5.74, 6) is 1.17. The zero-order valence-electron chi connectivity index (χ0n) is 16.7. The first kappa shape index (κ1) is 21.4. The molecule has 1 aromatic carbocycles. The molecular weight excluding hydrogens is 334 g/mol. The van der Waals surface area contributed by atoms with Crippen molar-refractivity contribution in [2.24, 2.45) is 17.6 Å². The van der Waals surface area contributed by atoms with Crippen LogP contribution in [-0.4, -0.2) is 19.1 Å². The molecule has 2 rings (SSSR count). The largest absolute Gasteiger partial charge is 0.468 e. The number of carbonyl (C=O) groups excluding carboxylic acids is 1. The Morgan fingerprint density at radius 2 is 2.00 bits per heavy atom. The van der Waals surface area contributed by atoms with Crippen LogP contribution in [0.15, 0.2) is 54.6 Å². The lowest BCUT2D eigenvalue weighted by Gasteiger charge is -2.14. The quantitative estimate of drug-likeness (QED) is 0.331. The van der Waals surface area contributed by atoms with E-state index in [2.05, 4.69) is 59.4 Å². The Labute approximate surface area is 164 Å². The molecule has 0 spiro atoms. The van der Waals surface area contributed by atoms with Gasteiger partial charge in [0.2, 0.25) is 0 Å². The zero-order valence-corrected chi connectivity index (χ0v) is 16.7. The molecule has 1 unspecified atom stereocenters. The Balaban J connectivity index is 1.62. The van der Waals surface area contributed by atoms with Crippen molar-refractivity contribution in [2.45, 2.75) is 63.8 Å². The molecule has 1 aliphatic carbocycles. The van der Waals surface area contributed by atoms with E-state index in [4.69, 9.17) is 5.73 Å². The van der Waals surface area contributed by atoms with E-state index in [9.17, 15) is 4.79 Å². The fourth-order valence-corrected chi connectivity index (χ4v) is 3.89. The number of nitrogens with two attached hydrogens (primary N) is 1. The molecule has 148 valence electrons. The minimum absolute atomic E-state index is 0.323. The third-order valence-electron chi connectivity index (χ3n) is 5.53. The van der Waals surface area contributed by atoms with Crippen molar-refractivity contribution in [3.8, 4) is 0 Å². The molecule has 3 atom stereocenters. The number of unbranched alkanes of at least 4 members (excludes halogenated alkanes) is 1. The van der Waals surface area contributed by atoms with Crippen molar-refractivity contribution < 1.29 is 9.53 Å². The van der Waals surface area contributed by atoms with Crippen LogP contribution in [0.2, 0.25) is 0 Å². The van der Waals surface area contributed by atoms with E-state index >= 15 is 0 Å². The summed E-state index contributed by atoms with van der Waals surface area (Å²) in [6.07, 6.45) is 19.4. The van der Waals surface area contributed by atoms with Crippen molar-refractivity contribution in [1.29, 1.82) is 0 Å². The Kier molecular flexibility index (Phi) is 9.93. The maximum Gasteiger partial charge on any atom is 0.322 e. The SMILES string of the molecule is COC(=O)C(N)CCC=CC[C@H]1CCC[C@@H]1C=CCCCc1ccccc1. The van der Waals surface area contributed by atoms with Crippen molar-refractivity contribution in [1.82, 2.24) is 0 Å². The van der Waals surface area contributed by atoms with Crippen LogP contribution in [0.3, 0.4) is 0 Å². The molecule has 2 N–H and O–H groups in total. The van der Waals surface area contributed by atoms with Crippen molar-refractivity contribution in [2.75, 3.05) is 7.11 Å². The third kappa shape index (κ3) is 8.13. The molecular formula is C24H35NO2. The van der Waals surface area contributed by atoms with Gasteiger partial charge in [0.1, 0.15) is 6.04 Å². The highest BCUT2D eigenvalue weighted by Gasteiger charge is 2.23. The molecule has 0 heterocycles. The minimum Gasteiger partial charge on any atom is -0.468 e. The first-order chi connectivity index (χ1) is 13.2. The lowest BCUT2D eigenvalue weighted by Crippen LogP contribution is -2.31. The molecule has 0 radical (unpaired) electrons. The van der Waals surface area contributed by atoms with Crippen LogP contribution in [0, 0.1) is 11.8 Å². The first-order valence-electron chi connectivity index (χ1n) is 10.4. The Morgan fingerprint density at radius 3 is 2.78 bits per heavy atom. The number of methoxy groups -OCH3 is 1. The van der Waals surface area contributed by atoms with Crippen LogP contribution in [0.4, 0.5) is 0 Å². The number of rotatable bonds is 11. The predicted molar refractivity (Wildman–Crippen MR) is 112 cm³/mol. The van der Waals surface area contributed by atoms with E-state index in [1.165, 1.54) is 44.8 Å². The second-order valence-corrected chi connectivity index (χ2v) is 7.57. The molecule has 1 aromatic rings. The molecule has 3 nitrogen and oxygen atoms in total. The van der Waals surface area contributed by atoms with Crippen molar-refractivity contribution in [3.05, 3.63) is 60.2 Å². The number of hydrogen-bond acceptors (Lipinski definition) is 3. The molecule has 0 aromatic heterocycles. The molecule has 3 heteroatoms. The van der Waals surface area contributed by atoms with Gasteiger partial charge in [-0.1, -0.05) is 61.1 Å². The highest BCUT2D eigenvalue weighted by molar-refractivity contribution is 5.75. The molecule has 0 bridgehead atoms. The Hall–Kier alpha value is -1.87. The minimum atomic E-state index is -0.502. The number of esters is 1. The summed E-state index contributed by atoms with van der Waals surface area (Å²) >= 11 is 0. The number of allylic oxidation sites excluding steroid dienone is 4. The van der Waals surface area contributed by atoms with Crippen molar-refractivity contribution in [3.63, 3.8) is 0 Å². The van der Waals surface area contributed by atoms with Gasteiger partial charge in [-0.2, -0.15) is 0 Å². The Morgan fingerprint density at radius 1 is 1.19 bits per heavy atom. The topological polar surface area (TPSA) is 52.3 Å². The van der Waals surface area contributed by atoms with Crippen LogP contribution in [0.5, 0.6) is 0 Å². The highest BCUT2D eigenvalue weighted by atomic mass is 16.5. The van der Waals surface area contributed by atoms with Crippen LogP contribution < -0.4 is 5.73 Å². The fourth-order valence-electron chi connectivity index (χ4n) is 3.89. The summed E-state index contributed by atoms with van der Waals surface area (Å²) in [4.78, 5) is 11.3. The van der Waals surface area contributed by atoms with E-state index < -0.39 is 6.04 Å². The van der Waals surface area contributed by atoms with Gasteiger partial charge < -0.3 is 10.5 Å². The van der Waals surface area contributed by atoms with Gasteiger partial charge in [-0.3, -0.25) is 4.79 Å². The Bertz CT molecular complexity index is 594. The lowest BCUT2D eigenvalue weighted by atomic mass is 9.92. The second kappa shape index (κ2) is 12.5. The average molecular weight is 370 g/mol. The van der Waals surface area contributed by atoms with Gasteiger partial charge in [0.15, 0.2) is 0 Å². The first-order valence-corrected chi connectivity index (χ1v) is 10.4. The van der Waals surface area contributed by atoms with E-state index in [1.807, 2.05) is 0 Å². The van der Waals surface area contributed by atoms with Crippen LogP contribution >= 0.6 is 0 Å². The maximum absolute atomic E-state index is 11.3. The summed E-state index contributed by atoms with van der Waals surface area (Å²) in [6, 6.07) is 10.2. The number of benzene rings is 1. The van der Waals surface area contributed by atoms with E-state index in [0.29, 0.717) is 6.42 Å². The summed E-state index contributed by atoms with van der Waals surface area (Å²) in [6.45, 7) is 0.